The number of rotatable bonds is 4. The average Bonchev–Trinajstić information content (AvgIpc) is 2.86. The first-order valence-electron chi connectivity index (χ1n) is 6.11. The highest BCUT2D eigenvalue weighted by Gasteiger charge is 2.33. The molecule has 1 saturated heterocycles. The molecule has 2 atom stereocenters. The van der Waals surface area contributed by atoms with Gasteiger partial charge in [0.25, 0.3) is 0 Å². The van der Waals surface area contributed by atoms with Crippen LogP contribution in [0.1, 0.15) is 10.4 Å². The van der Waals surface area contributed by atoms with Gasteiger partial charge in [-0.1, -0.05) is 0 Å². The van der Waals surface area contributed by atoms with E-state index in [0.29, 0.717) is 6.61 Å². The second kappa shape index (κ2) is 5.98. The van der Waals surface area contributed by atoms with E-state index in [1.54, 1.807) is 7.05 Å². The first-order valence-corrected chi connectivity index (χ1v) is 6.11. The minimum absolute atomic E-state index is 0.0516. The maximum atomic E-state index is 13.2. The number of carboxylic acid groups (broad SMARTS) is 1. The molecule has 0 aromatic heterocycles. The molecule has 1 aliphatic rings. The summed E-state index contributed by atoms with van der Waals surface area (Å²) >= 11 is 0. The number of amides is 1. The Kier molecular flexibility index (Phi) is 4.31. The summed E-state index contributed by atoms with van der Waals surface area (Å²) in [6.07, 6.45) is 0. The van der Waals surface area contributed by atoms with Gasteiger partial charge in [-0.2, -0.15) is 0 Å². The number of ether oxygens (including phenoxy) is 1. The standard InChI is InChI=1S/C13H15FN2O4/c1-15-11-6-20-5-9(11)12(17)16-10-4-7(14)2-3-8(10)13(18)19/h2-4,9,11,15H,5-6H2,1H3,(H,16,17)(H,18,19). The number of anilines is 1. The van der Waals surface area contributed by atoms with E-state index in [2.05, 4.69) is 10.6 Å². The van der Waals surface area contributed by atoms with E-state index in [9.17, 15) is 14.0 Å². The van der Waals surface area contributed by atoms with Crippen molar-refractivity contribution in [1.82, 2.24) is 5.32 Å². The van der Waals surface area contributed by atoms with Crippen molar-refractivity contribution >= 4 is 17.6 Å². The molecule has 0 aliphatic carbocycles. The van der Waals surface area contributed by atoms with E-state index >= 15 is 0 Å². The number of carbonyl (C=O) groups excluding carboxylic acids is 1. The molecule has 2 rings (SSSR count). The fourth-order valence-electron chi connectivity index (χ4n) is 2.13. The van der Waals surface area contributed by atoms with Gasteiger partial charge in [-0.05, 0) is 25.2 Å². The number of aromatic carboxylic acids is 1. The summed E-state index contributed by atoms with van der Waals surface area (Å²) in [5, 5.41) is 14.4. The van der Waals surface area contributed by atoms with Crippen LogP contribution >= 0.6 is 0 Å². The molecular formula is C13H15FN2O4. The summed E-state index contributed by atoms with van der Waals surface area (Å²) in [6, 6.07) is 3.00. The lowest BCUT2D eigenvalue weighted by molar-refractivity contribution is -0.120. The van der Waals surface area contributed by atoms with Crippen LogP contribution in [-0.2, 0) is 9.53 Å². The van der Waals surface area contributed by atoms with E-state index in [1.807, 2.05) is 0 Å². The molecule has 1 fully saturated rings. The predicted octanol–water partition coefficient (Wildman–Crippen LogP) is 0.697. The van der Waals surface area contributed by atoms with Crippen LogP contribution in [0.4, 0.5) is 10.1 Å². The zero-order chi connectivity index (χ0) is 14.7. The van der Waals surface area contributed by atoms with Gasteiger partial charge in [0.15, 0.2) is 0 Å². The number of carboxylic acids is 1. The van der Waals surface area contributed by atoms with Gasteiger partial charge in [0, 0.05) is 6.04 Å². The number of likely N-dealkylation sites (N-methyl/N-ethyl adjacent to an activating group) is 1. The lowest BCUT2D eigenvalue weighted by Crippen LogP contribution is -2.39. The Hall–Kier alpha value is -1.99. The van der Waals surface area contributed by atoms with Crippen molar-refractivity contribution in [1.29, 1.82) is 0 Å². The Bertz CT molecular complexity index is 535. The zero-order valence-corrected chi connectivity index (χ0v) is 10.9. The minimum Gasteiger partial charge on any atom is -0.478 e. The van der Waals surface area contributed by atoms with Crippen molar-refractivity contribution in [2.45, 2.75) is 6.04 Å². The molecular weight excluding hydrogens is 267 g/mol. The largest absolute Gasteiger partial charge is 0.478 e. The average molecular weight is 282 g/mol. The number of carbonyl (C=O) groups is 2. The van der Waals surface area contributed by atoms with Gasteiger partial charge in [0.05, 0.1) is 30.4 Å². The maximum absolute atomic E-state index is 13.2. The molecule has 0 spiro atoms. The molecule has 6 nitrogen and oxygen atoms in total. The highest BCUT2D eigenvalue weighted by molar-refractivity contribution is 6.01. The second-order valence-corrected chi connectivity index (χ2v) is 4.52. The van der Waals surface area contributed by atoms with Gasteiger partial charge < -0.3 is 20.5 Å². The summed E-state index contributed by atoms with van der Waals surface area (Å²) in [4.78, 5) is 23.2. The number of hydrogen-bond acceptors (Lipinski definition) is 4. The number of benzene rings is 1. The monoisotopic (exact) mass is 282 g/mol. The van der Waals surface area contributed by atoms with Crippen LogP contribution in [0.25, 0.3) is 0 Å². The topological polar surface area (TPSA) is 87.7 Å². The van der Waals surface area contributed by atoms with Gasteiger partial charge in [0.2, 0.25) is 5.91 Å². The molecule has 0 radical (unpaired) electrons. The lowest BCUT2D eigenvalue weighted by Gasteiger charge is -2.17. The van der Waals surface area contributed by atoms with Crippen LogP contribution in [0, 0.1) is 11.7 Å². The zero-order valence-electron chi connectivity index (χ0n) is 10.9. The molecule has 2 unspecified atom stereocenters. The van der Waals surface area contributed by atoms with E-state index in [-0.39, 0.29) is 23.9 Å². The Balaban J connectivity index is 2.19. The second-order valence-electron chi connectivity index (χ2n) is 4.52. The normalized spacial score (nSPS) is 21.7. The van der Waals surface area contributed by atoms with Gasteiger partial charge in [-0.3, -0.25) is 4.79 Å². The van der Waals surface area contributed by atoms with Gasteiger partial charge >= 0.3 is 5.97 Å². The SMILES string of the molecule is CNC1COCC1C(=O)Nc1cc(F)ccc1C(=O)O. The van der Waals surface area contributed by atoms with Crippen LogP contribution in [0.15, 0.2) is 18.2 Å². The molecule has 0 saturated carbocycles. The predicted molar refractivity (Wildman–Crippen MR) is 69.1 cm³/mol. The number of halogens is 1. The molecule has 1 amide bonds. The van der Waals surface area contributed by atoms with Gasteiger partial charge in [0.1, 0.15) is 5.82 Å². The highest BCUT2D eigenvalue weighted by atomic mass is 19.1. The van der Waals surface area contributed by atoms with Crippen molar-refractivity contribution in [3.05, 3.63) is 29.6 Å². The summed E-state index contributed by atoms with van der Waals surface area (Å²) in [5.74, 6) is -2.67. The van der Waals surface area contributed by atoms with Crippen molar-refractivity contribution in [3.63, 3.8) is 0 Å². The molecule has 1 aliphatic heterocycles. The molecule has 0 bridgehead atoms. The van der Waals surface area contributed by atoms with Gasteiger partial charge in [-0.25, -0.2) is 9.18 Å². The van der Waals surface area contributed by atoms with Crippen LogP contribution in [0.5, 0.6) is 0 Å². The van der Waals surface area contributed by atoms with E-state index in [1.165, 1.54) is 0 Å². The third kappa shape index (κ3) is 2.94. The summed E-state index contributed by atoms with van der Waals surface area (Å²) < 4.78 is 18.4. The fraction of sp³-hybridized carbons (Fsp3) is 0.385. The summed E-state index contributed by atoms with van der Waals surface area (Å²) in [7, 11) is 1.71. The van der Waals surface area contributed by atoms with Crippen molar-refractivity contribution in [2.24, 2.45) is 5.92 Å². The number of hydrogen-bond donors (Lipinski definition) is 3. The Labute approximate surface area is 114 Å². The summed E-state index contributed by atoms with van der Waals surface area (Å²) in [6.45, 7) is 0.651. The molecule has 1 heterocycles. The first kappa shape index (κ1) is 14.4. The van der Waals surface area contributed by atoms with E-state index in [4.69, 9.17) is 9.84 Å². The van der Waals surface area contributed by atoms with Crippen molar-refractivity contribution < 1.29 is 23.8 Å². The maximum Gasteiger partial charge on any atom is 0.337 e. The summed E-state index contributed by atoms with van der Waals surface area (Å²) in [5.41, 5.74) is -0.205. The Morgan fingerprint density at radius 1 is 1.40 bits per heavy atom. The van der Waals surface area contributed by atoms with Crippen molar-refractivity contribution in [3.8, 4) is 0 Å². The minimum atomic E-state index is -1.23. The highest BCUT2D eigenvalue weighted by Crippen LogP contribution is 2.21. The third-order valence-electron chi connectivity index (χ3n) is 3.26. The number of nitrogens with one attached hydrogen (secondary N) is 2. The Morgan fingerprint density at radius 3 is 2.80 bits per heavy atom. The molecule has 1 aromatic carbocycles. The Morgan fingerprint density at radius 2 is 2.15 bits per heavy atom. The van der Waals surface area contributed by atoms with Crippen LogP contribution in [-0.4, -0.2) is 43.3 Å². The quantitative estimate of drug-likeness (QED) is 0.756. The van der Waals surface area contributed by atoms with Crippen molar-refractivity contribution in [2.75, 3.05) is 25.6 Å². The van der Waals surface area contributed by atoms with Crippen LogP contribution < -0.4 is 10.6 Å². The molecule has 7 heteroatoms. The van der Waals surface area contributed by atoms with Crippen LogP contribution in [0.3, 0.4) is 0 Å². The van der Waals surface area contributed by atoms with Gasteiger partial charge in [-0.15, -0.1) is 0 Å². The lowest BCUT2D eigenvalue weighted by atomic mass is 10.0. The molecule has 1 aromatic rings. The van der Waals surface area contributed by atoms with E-state index in [0.717, 1.165) is 18.2 Å². The van der Waals surface area contributed by atoms with E-state index < -0.39 is 23.6 Å². The fourth-order valence-corrected chi connectivity index (χ4v) is 2.13. The van der Waals surface area contributed by atoms with Crippen LogP contribution in [0.2, 0.25) is 0 Å². The first-order chi connectivity index (χ1) is 9.52. The third-order valence-corrected chi connectivity index (χ3v) is 3.26. The molecule has 20 heavy (non-hydrogen) atoms. The molecule has 3 N–H and O–H groups in total. The smallest absolute Gasteiger partial charge is 0.337 e. The molecule has 108 valence electrons.